The van der Waals surface area contributed by atoms with E-state index in [0.29, 0.717) is 23.4 Å². The molecule has 2 aromatic carbocycles. The van der Waals surface area contributed by atoms with Crippen molar-refractivity contribution < 1.29 is 18.8 Å². The number of hydrogen-bond donors (Lipinski definition) is 0. The number of nitrogens with zero attached hydrogens (tertiary/aromatic N) is 2. The van der Waals surface area contributed by atoms with Crippen LogP contribution in [-0.2, 0) is 16.1 Å². The third kappa shape index (κ3) is 3.49. The van der Waals surface area contributed by atoms with Gasteiger partial charge in [-0.05, 0) is 31.2 Å². The van der Waals surface area contributed by atoms with Crippen molar-refractivity contribution in [1.29, 1.82) is 0 Å². The molecule has 134 valence electrons. The largest absolute Gasteiger partial charge is 0.334 e. The standard InChI is InChI=1S/C20H19FN2O3/c1-2-22(13-15-6-3-4-9-17(15)21)20(26)14-7-5-8-16(12-14)23-18(24)10-11-19(23)25/h3-9,12H,2,10-11,13H2,1H3. The van der Waals surface area contributed by atoms with E-state index in [2.05, 4.69) is 0 Å². The quantitative estimate of drug-likeness (QED) is 0.775. The Hall–Kier alpha value is -3.02. The maximum absolute atomic E-state index is 13.9. The van der Waals surface area contributed by atoms with E-state index in [0.717, 1.165) is 4.90 Å². The Labute approximate surface area is 151 Å². The van der Waals surface area contributed by atoms with Crippen molar-refractivity contribution in [1.82, 2.24) is 4.90 Å². The summed E-state index contributed by atoms with van der Waals surface area (Å²) in [5.74, 6) is -1.17. The Bertz CT molecular complexity index is 850. The molecule has 1 fully saturated rings. The number of carbonyl (C=O) groups is 3. The number of anilines is 1. The Morgan fingerprint density at radius 1 is 1.08 bits per heavy atom. The molecule has 1 heterocycles. The van der Waals surface area contributed by atoms with Gasteiger partial charge in [0.1, 0.15) is 5.82 Å². The number of imide groups is 1. The lowest BCUT2D eigenvalue weighted by molar-refractivity contribution is -0.121. The third-order valence-electron chi connectivity index (χ3n) is 4.39. The summed E-state index contributed by atoms with van der Waals surface area (Å²) in [4.78, 5) is 39.3. The number of rotatable bonds is 5. The van der Waals surface area contributed by atoms with Crippen molar-refractivity contribution in [2.24, 2.45) is 0 Å². The minimum absolute atomic E-state index is 0.147. The van der Waals surface area contributed by atoms with Gasteiger partial charge >= 0.3 is 0 Å². The van der Waals surface area contributed by atoms with Crippen LogP contribution in [0.4, 0.5) is 10.1 Å². The molecule has 0 saturated carbocycles. The number of benzene rings is 2. The molecule has 5 nitrogen and oxygen atoms in total. The summed E-state index contributed by atoms with van der Waals surface area (Å²) >= 11 is 0. The fourth-order valence-electron chi connectivity index (χ4n) is 2.98. The Balaban J connectivity index is 1.84. The van der Waals surface area contributed by atoms with Gasteiger partial charge in [-0.15, -0.1) is 0 Å². The van der Waals surface area contributed by atoms with Gasteiger partial charge in [-0.2, -0.15) is 0 Å². The first-order valence-corrected chi connectivity index (χ1v) is 8.49. The molecule has 0 unspecified atom stereocenters. The highest BCUT2D eigenvalue weighted by atomic mass is 19.1. The highest BCUT2D eigenvalue weighted by Crippen LogP contribution is 2.24. The normalized spacial score (nSPS) is 14.0. The van der Waals surface area contributed by atoms with Crippen LogP contribution in [0.5, 0.6) is 0 Å². The molecule has 1 saturated heterocycles. The van der Waals surface area contributed by atoms with Gasteiger partial charge in [0.2, 0.25) is 11.8 Å². The van der Waals surface area contributed by atoms with Crippen molar-refractivity contribution in [3.63, 3.8) is 0 Å². The van der Waals surface area contributed by atoms with E-state index in [9.17, 15) is 18.8 Å². The van der Waals surface area contributed by atoms with Crippen molar-refractivity contribution in [2.45, 2.75) is 26.3 Å². The number of carbonyl (C=O) groups excluding carboxylic acids is 3. The zero-order valence-electron chi connectivity index (χ0n) is 14.4. The summed E-state index contributed by atoms with van der Waals surface area (Å²) in [7, 11) is 0. The minimum atomic E-state index is -0.360. The molecule has 3 rings (SSSR count). The van der Waals surface area contributed by atoms with Crippen LogP contribution in [0, 0.1) is 5.82 Å². The number of amides is 3. The fraction of sp³-hybridized carbons (Fsp3) is 0.250. The molecule has 1 aliphatic heterocycles. The van der Waals surface area contributed by atoms with E-state index in [4.69, 9.17) is 0 Å². The van der Waals surface area contributed by atoms with Gasteiger partial charge in [0.05, 0.1) is 5.69 Å². The molecule has 0 atom stereocenters. The summed E-state index contributed by atoms with van der Waals surface area (Å²) in [6.45, 7) is 2.36. The van der Waals surface area contributed by atoms with E-state index in [1.54, 1.807) is 36.4 Å². The second-order valence-electron chi connectivity index (χ2n) is 6.08. The summed E-state index contributed by atoms with van der Waals surface area (Å²) in [5, 5.41) is 0. The number of hydrogen-bond acceptors (Lipinski definition) is 3. The molecule has 0 aromatic heterocycles. The number of halogens is 1. The van der Waals surface area contributed by atoms with Crippen LogP contribution in [0.15, 0.2) is 48.5 Å². The van der Waals surface area contributed by atoms with Gasteiger partial charge in [0.25, 0.3) is 5.91 Å². The molecule has 1 aliphatic rings. The van der Waals surface area contributed by atoms with Crippen LogP contribution in [-0.4, -0.2) is 29.2 Å². The van der Waals surface area contributed by atoms with E-state index >= 15 is 0 Å². The maximum Gasteiger partial charge on any atom is 0.254 e. The summed E-state index contributed by atoms with van der Waals surface area (Å²) < 4.78 is 13.9. The minimum Gasteiger partial charge on any atom is -0.334 e. The Kier molecular flexibility index (Phi) is 5.11. The lowest BCUT2D eigenvalue weighted by Crippen LogP contribution is -2.32. The van der Waals surface area contributed by atoms with Crippen LogP contribution in [0.3, 0.4) is 0 Å². The van der Waals surface area contributed by atoms with Crippen molar-refractivity contribution in [3.05, 3.63) is 65.5 Å². The first-order chi connectivity index (χ1) is 12.5. The van der Waals surface area contributed by atoms with E-state index in [1.165, 1.54) is 17.0 Å². The third-order valence-corrected chi connectivity index (χ3v) is 4.39. The zero-order valence-corrected chi connectivity index (χ0v) is 14.4. The molecule has 2 aromatic rings. The second-order valence-corrected chi connectivity index (χ2v) is 6.08. The molecule has 0 N–H and O–H groups in total. The molecule has 0 bridgehead atoms. The summed E-state index contributed by atoms with van der Waals surface area (Å²) in [5.41, 5.74) is 1.18. The summed E-state index contributed by atoms with van der Waals surface area (Å²) in [6, 6.07) is 12.8. The average Bonchev–Trinajstić information content (AvgIpc) is 2.99. The van der Waals surface area contributed by atoms with Crippen molar-refractivity contribution in [2.75, 3.05) is 11.4 Å². The monoisotopic (exact) mass is 354 g/mol. The van der Waals surface area contributed by atoms with E-state index in [-0.39, 0.29) is 42.9 Å². The fourth-order valence-corrected chi connectivity index (χ4v) is 2.98. The molecule has 3 amide bonds. The molecule has 0 spiro atoms. The average molecular weight is 354 g/mol. The zero-order chi connectivity index (χ0) is 18.7. The highest BCUT2D eigenvalue weighted by Gasteiger charge is 2.30. The Morgan fingerprint density at radius 3 is 2.42 bits per heavy atom. The molecular weight excluding hydrogens is 335 g/mol. The molecular formula is C20H19FN2O3. The predicted octanol–water partition coefficient (Wildman–Crippen LogP) is 3.14. The molecule has 0 radical (unpaired) electrons. The van der Waals surface area contributed by atoms with Gasteiger partial charge in [-0.1, -0.05) is 24.3 Å². The lowest BCUT2D eigenvalue weighted by atomic mass is 10.1. The second kappa shape index (κ2) is 7.47. The first-order valence-electron chi connectivity index (χ1n) is 8.49. The van der Waals surface area contributed by atoms with Crippen molar-refractivity contribution >= 4 is 23.4 Å². The van der Waals surface area contributed by atoms with Crippen LogP contribution >= 0.6 is 0 Å². The summed E-state index contributed by atoms with van der Waals surface area (Å²) in [6.07, 6.45) is 0.372. The van der Waals surface area contributed by atoms with E-state index in [1.807, 2.05) is 6.92 Å². The smallest absolute Gasteiger partial charge is 0.254 e. The van der Waals surface area contributed by atoms with Crippen molar-refractivity contribution in [3.8, 4) is 0 Å². The van der Waals surface area contributed by atoms with E-state index < -0.39 is 0 Å². The van der Waals surface area contributed by atoms with Gasteiger partial charge in [0.15, 0.2) is 0 Å². The predicted molar refractivity (Wildman–Crippen MR) is 95.0 cm³/mol. The van der Waals surface area contributed by atoms with Crippen LogP contribution in [0.1, 0.15) is 35.7 Å². The highest BCUT2D eigenvalue weighted by molar-refractivity contribution is 6.20. The Morgan fingerprint density at radius 2 is 1.77 bits per heavy atom. The van der Waals surface area contributed by atoms with Gasteiger partial charge in [-0.25, -0.2) is 4.39 Å². The lowest BCUT2D eigenvalue weighted by Gasteiger charge is -2.22. The first kappa shape index (κ1) is 17.8. The van der Waals surface area contributed by atoms with Crippen LogP contribution in [0.25, 0.3) is 0 Å². The molecule has 6 heteroatoms. The molecule has 0 aliphatic carbocycles. The maximum atomic E-state index is 13.9. The van der Waals surface area contributed by atoms with Gasteiger partial charge < -0.3 is 4.90 Å². The SMILES string of the molecule is CCN(Cc1ccccc1F)C(=O)c1cccc(N2C(=O)CCC2=O)c1. The van der Waals surface area contributed by atoms with Gasteiger partial charge in [-0.3, -0.25) is 19.3 Å². The van der Waals surface area contributed by atoms with Crippen LogP contribution < -0.4 is 4.90 Å². The molecule has 26 heavy (non-hydrogen) atoms. The van der Waals surface area contributed by atoms with Gasteiger partial charge in [0, 0.05) is 37.1 Å². The van der Waals surface area contributed by atoms with Crippen LogP contribution in [0.2, 0.25) is 0 Å². The topological polar surface area (TPSA) is 57.7 Å².